The van der Waals surface area contributed by atoms with E-state index in [9.17, 15) is 31.7 Å². The molecule has 27 heavy (non-hydrogen) atoms. The van der Waals surface area contributed by atoms with Crippen molar-refractivity contribution < 1.29 is 31.2 Å². The average Bonchev–Trinajstić information content (AvgIpc) is 2.60. The summed E-state index contributed by atoms with van der Waals surface area (Å²) >= 11 is 0. The van der Waals surface area contributed by atoms with Gasteiger partial charge in [-0.2, -0.15) is 13.2 Å². The van der Waals surface area contributed by atoms with E-state index in [-0.39, 0.29) is 23.7 Å². The molecule has 2 rings (SSSR count). The smallest absolute Gasteiger partial charge is 0.367 e. The van der Waals surface area contributed by atoms with E-state index < -0.39 is 27.7 Å². The summed E-state index contributed by atoms with van der Waals surface area (Å²) in [7, 11) is -3.96. The summed E-state index contributed by atoms with van der Waals surface area (Å²) in [5, 5.41) is 10.7. The van der Waals surface area contributed by atoms with E-state index >= 15 is 0 Å². The SMILES string of the molecule is O=[N+]([O-])c1cccc(S(=O)(=O)NCc2ccc(COCC(F)(F)F)cc2)c1. The molecule has 7 nitrogen and oxygen atoms in total. The maximum atomic E-state index is 12.2. The lowest BCUT2D eigenvalue weighted by Crippen LogP contribution is -2.23. The molecule has 0 aliphatic carbocycles. The zero-order chi connectivity index (χ0) is 20.1. The standard InChI is InChI=1S/C16H15F3N2O5S/c17-16(18,19)11-26-10-13-6-4-12(5-7-13)9-20-27(24,25)15-3-1-2-14(8-15)21(22)23/h1-8,20H,9-11H2. The third-order valence-electron chi connectivity index (χ3n) is 3.36. The molecule has 2 aromatic carbocycles. The predicted octanol–water partition coefficient (Wildman–Crippen LogP) is 3.15. The second kappa shape index (κ2) is 8.46. The van der Waals surface area contributed by atoms with Gasteiger partial charge in [-0.15, -0.1) is 0 Å². The highest BCUT2D eigenvalue weighted by Gasteiger charge is 2.27. The molecule has 146 valence electrons. The highest BCUT2D eigenvalue weighted by atomic mass is 32.2. The van der Waals surface area contributed by atoms with Gasteiger partial charge in [0.2, 0.25) is 10.0 Å². The quantitative estimate of drug-likeness (QED) is 0.538. The van der Waals surface area contributed by atoms with Gasteiger partial charge in [-0.25, -0.2) is 13.1 Å². The zero-order valence-electron chi connectivity index (χ0n) is 13.8. The van der Waals surface area contributed by atoms with Gasteiger partial charge in [0.25, 0.3) is 5.69 Å². The van der Waals surface area contributed by atoms with Crippen LogP contribution in [0.15, 0.2) is 53.4 Å². The number of hydrogen-bond acceptors (Lipinski definition) is 5. The normalized spacial score (nSPS) is 12.1. The Morgan fingerprint density at radius 3 is 2.30 bits per heavy atom. The molecule has 1 N–H and O–H groups in total. The van der Waals surface area contributed by atoms with Crippen molar-refractivity contribution in [3.8, 4) is 0 Å². The number of nitro groups is 1. The number of hydrogen-bond donors (Lipinski definition) is 1. The first kappa shape index (κ1) is 20.8. The van der Waals surface area contributed by atoms with Crippen LogP contribution < -0.4 is 4.72 Å². The average molecular weight is 404 g/mol. The molecule has 0 aliphatic rings. The first-order chi connectivity index (χ1) is 12.6. The number of alkyl halides is 3. The Labute approximate surface area is 153 Å². The minimum absolute atomic E-state index is 0.0886. The van der Waals surface area contributed by atoms with Crippen LogP contribution >= 0.6 is 0 Å². The van der Waals surface area contributed by atoms with Gasteiger partial charge in [0.05, 0.1) is 16.4 Å². The number of sulfonamides is 1. The minimum atomic E-state index is -4.40. The molecule has 0 atom stereocenters. The first-order valence-corrected chi connectivity index (χ1v) is 9.01. The molecule has 0 unspecified atom stereocenters. The molecule has 11 heteroatoms. The van der Waals surface area contributed by atoms with E-state index in [1.165, 1.54) is 30.3 Å². The Morgan fingerprint density at radius 2 is 1.70 bits per heavy atom. The Morgan fingerprint density at radius 1 is 1.07 bits per heavy atom. The molecule has 0 saturated carbocycles. The fourth-order valence-electron chi connectivity index (χ4n) is 2.06. The van der Waals surface area contributed by atoms with Gasteiger partial charge in [0.1, 0.15) is 6.61 Å². The van der Waals surface area contributed by atoms with Crippen LogP contribution in [0.4, 0.5) is 18.9 Å². The molecule has 0 spiro atoms. The number of nitro benzene ring substituents is 1. The number of ether oxygens (including phenoxy) is 1. The third kappa shape index (κ3) is 6.62. The second-order valence-electron chi connectivity index (χ2n) is 5.50. The van der Waals surface area contributed by atoms with Crippen molar-refractivity contribution in [2.75, 3.05) is 6.61 Å². The topological polar surface area (TPSA) is 98.5 Å². The monoisotopic (exact) mass is 404 g/mol. The third-order valence-corrected chi connectivity index (χ3v) is 4.76. The van der Waals surface area contributed by atoms with Gasteiger partial charge in [-0.05, 0) is 17.2 Å². The molecule has 0 bridgehead atoms. The zero-order valence-corrected chi connectivity index (χ0v) is 14.6. The van der Waals surface area contributed by atoms with E-state index in [4.69, 9.17) is 0 Å². The lowest BCUT2D eigenvalue weighted by atomic mass is 10.1. The van der Waals surface area contributed by atoms with Crippen LogP contribution in [0.5, 0.6) is 0 Å². The summed E-state index contributed by atoms with van der Waals surface area (Å²) in [6.07, 6.45) is -4.40. The Hall–Kier alpha value is -2.50. The Balaban J connectivity index is 1.95. The second-order valence-corrected chi connectivity index (χ2v) is 7.27. The van der Waals surface area contributed by atoms with Crippen molar-refractivity contribution in [1.29, 1.82) is 0 Å². The summed E-state index contributed by atoms with van der Waals surface area (Å²) in [6, 6.07) is 10.8. The van der Waals surface area contributed by atoms with Crippen molar-refractivity contribution in [3.63, 3.8) is 0 Å². The van der Waals surface area contributed by atoms with E-state index in [0.29, 0.717) is 11.1 Å². The minimum Gasteiger partial charge on any atom is -0.367 e. The summed E-state index contributed by atoms with van der Waals surface area (Å²) in [5.41, 5.74) is 0.717. The van der Waals surface area contributed by atoms with Crippen LogP contribution in [0.2, 0.25) is 0 Å². The molecule has 0 saturated heterocycles. The van der Waals surface area contributed by atoms with E-state index in [0.717, 1.165) is 6.07 Å². The number of nitrogens with zero attached hydrogens (tertiary/aromatic N) is 1. The number of rotatable bonds is 8. The predicted molar refractivity (Wildman–Crippen MR) is 89.3 cm³/mol. The summed E-state index contributed by atoms with van der Waals surface area (Å²) < 4.78 is 67.3. The molecular weight excluding hydrogens is 389 g/mol. The molecule has 0 heterocycles. The highest BCUT2D eigenvalue weighted by Crippen LogP contribution is 2.18. The molecule has 0 aromatic heterocycles. The molecule has 2 aromatic rings. The van der Waals surface area contributed by atoms with E-state index in [2.05, 4.69) is 9.46 Å². The summed E-state index contributed by atoms with van der Waals surface area (Å²) in [5.74, 6) is 0. The van der Waals surface area contributed by atoms with Gasteiger partial charge < -0.3 is 4.74 Å². The molecule has 0 fully saturated rings. The van der Waals surface area contributed by atoms with Crippen LogP contribution in [0.1, 0.15) is 11.1 Å². The van der Waals surface area contributed by atoms with Crippen LogP contribution in [-0.2, 0) is 27.9 Å². The molecular formula is C16H15F3N2O5S. The molecule has 0 amide bonds. The van der Waals surface area contributed by atoms with Gasteiger partial charge in [0, 0.05) is 18.7 Å². The van der Waals surface area contributed by atoms with E-state index in [1.807, 2.05) is 0 Å². The van der Waals surface area contributed by atoms with Crippen molar-refractivity contribution >= 4 is 15.7 Å². The van der Waals surface area contributed by atoms with Gasteiger partial charge in [0.15, 0.2) is 0 Å². The Bertz CT molecular complexity index is 899. The van der Waals surface area contributed by atoms with Crippen molar-refractivity contribution in [1.82, 2.24) is 4.72 Å². The highest BCUT2D eigenvalue weighted by molar-refractivity contribution is 7.89. The first-order valence-electron chi connectivity index (χ1n) is 7.53. The number of non-ortho nitro benzene ring substituents is 1. The van der Waals surface area contributed by atoms with Gasteiger partial charge >= 0.3 is 6.18 Å². The molecule has 0 radical (unpaired) electrons. The van der Waals surface area contributed by atoms with Crippen LogP contribution in [0.3, 0.4) is 0 Å². The fourth-order valence-corrected chi connectivity index (χ4v) is 3.12. The maximum Gasteiger partial charge on any atom is 0.411 e. The lowest BCUT2D eigenvalue weighted by molar-refractivity contribution is -0.385. The van der Waals surface area contributed by atoms with Crippen molar-refractivity contribution in [2.24, 2.45) is 0 Å². The maximum absolute atomic E-state index is 12.2. The van der Waals surface area contributed by atoms with Gasteiger partial charge in [-0.3, -0.25) is 10.1 Å². The summed E-state index contributed by atoms with van der Waals surface area (Å²) in [6.45, 7) is -1.66. The molecule has 0 aliphatic heterocycles. The lowest BCUT2D eigenvalue weighted by Gasteiger charge is -2.09. The van der Waals surface area contributed by atoms with E-state index in [1.54, 1.807) is 12.1 Å². The van der Waals surface area contributed by atoms with Gasteiger partial charge in [-0.1, -0.05) is 30.3 Å². The fraction of sp³-hybridized carbons (Fsp3) is 0.250. The number of nitrogens with one attached hydrogen (secondary N) is 1. The Kier molecular flexibility index (Phi) is 6.52. The van der Waals surface area contributed by atoms with Crippen molar-refractivity contribution in [2.45, 2.75) is 24.2 Å². The van der Waals surface area contributed by atoms with Crippen molar-refractivity contribution in [3.05, 3.63) is 69.8 Å². The largest absolute Gasteiger partial charge is 0.411 e. The summed E-state index contributed by atoms with van der Waals surface area (Å²) in [4.78, 5) is 9.80. The number of halogens is 3. The van der Waals surface area contributed by atoms with Crippen LogP contribution in [-0.4, -0.2) is 26.1 Å². The van der Waals surface area contributed by atoms with Crippen LogP contribution in [0.25, 0.3) is 0 Å². The van der Waals surface area contributed by atoms with Crippen LogP contribution in [0, 0.1) is 10.1 Å². The number of benzene rings is 2.